The summed E-state index contributed by atoms with van der Waals surface area (Å²) >= 11 is 8.80. The number of rotatable bonds is 3. The molecule has 2 rings (SSSR count). The number of hydrogen-bond donors (Lipinski definition) is 1. The van der Waals surface area contributed by atoms with Gasteiger partial charge in [-0.25, -0.2) is 9.18 Å². The lowest BCUT2D eigenvalue weighted by atomic mass is 10.1. The molecule has 0 saturated heterocycles. The summed E-state index contributed by atoms with van der Waals surface area (Å²) < 4.78 is 19.0. The number of nitrogens with zero attached hydrogens (tertiary/aromatic N) is 2. The van der Waals surface area contributed by atoms with E-state index in [1.165, 1.54) is 12.1 Å². The fourth-order valence-electron chi connectivity index (χ4n) is 1.47. The van der Waals surface area contributed by atoms with E-state index in [4.69, 9.17) is 16.3 Å². The van der Waals surface area contributed by atoms with Crippen molar-refractivity contribution < 1.29 is 13.9 Å². The number of esters is 1. The van der Waals surface area contributed by atoms with Crippen LogP contribution in [0.2, 0.25) is 5.02 Å². The number of ether oxygens (including phenoxy) is 1. The minimum atomic E-state index is -0.670. The molecule has 0 aliphatic carbocycles. The third-order valence-electron chi connectivity index (χ3n) is 2.31. The molecule has 19 heavy (non-hydrogen) atoms. The van der Waals surface area contributed by atoms with Crippen LogP contribution in [-0.4, -0.2) is 28.0 Å². The predicted octanol–water partition coefficient (Wildman–Crippen LogP) is 3.20. The van der Waals surface area contributed by atoms with E-state index in [-0.39, 0.29) is 33.1 Å². The van der Waals surface area contributed by atoms with Gasteiger partial charge in [0.1, 0.15) is 11.5 Å². The lowest BCUT2D eigenvalue weighted by molar-refractivity contribution is 0.0520. The molecule has 2 aromatic rings. The molecule has 0 spiro atoms. The fraction of sp³-hybridized carbons (Fsp3) is 0.182. The molecule has 5 nitrogen and oxygen atoms in total. The fourth-order valence-corrected chi connectivity index (χ4v) is 1.96. The van der Waals surface area contributed by atoms with Gasteiger partial charge in [0.15, 0.2) is 5.69 Å². The average molecular weight is 349 g/mol. The minimum absolute atomic E-state index is 0.0741. The molecule has 1 aromatic heterocycles. The number of nitrogens with one attached hydrogen (secondary N) is 1. The van der Waals surface area contributed by atoms with Gasteiger partial charge >= 0.3 is 5.97 Å². The van der Waals surface area contributed by atoms with Gasteiger partial charge < -0.3 is 4.74 Å². The summed E-state index contributed by atoms with van der Waals surface area (Å²) in [6, 6.07) is 2.91. The van der Waals surface area contributed by atoms with Crippen molar-refractivity contribution in [2.45, 2.75) is 6.92 Å². The smallest absolute Gasteiger partial charge is 0.361 e. The first-order valence-electron chi connectivity index (χ1n) is 5.28. The van der Waals surface area contributed by atoms with Gasteiger partial charge in [0, 0.05) is 5.56 Å². The Morgan fingerprint density at radius 2 is 2.26 bits per heavy atom. The maximum Gasteiger partial charge on any atom is 0.361 e. The van der Waals surface area contributed by atoms with Crippen LogP contribution in [0.4, 0.5) is 4.39 Å². The van der Waals surface area contributed by atoms with Gasteiger partial charge in [-0.1, -0.05) is 11.6 Å². The minimum Gasteiger partial charge on any atom is -0.461 e. The van der Waals surface area contributed by atoms with Crippen LogP contribution >= 0.6 is 27.5 Å². The van der Waals surface area contributed by atoms with E-state index >= 15 is 0 Å². The summed E-state index contributed by atoms with van der Waals surface area (Å²) in [6.07, 6.45) is 0. The number of halogens is 3. The number of hydrogen-bond acceptors (Lipinski definition) is 4. The van der Waals surface area contributed by atoms with E-state index in [0.717, 1.165) is 0 Å². The number of aromatic amines is 1. The van der Waals surface area contributed by atoms with Crippen molar-refractivity contribution >= 4 is 33.5 Å². The summed E-state index contributed by atoms with van der Waals surface area (Å²) in [5, 5.41) is 9.97. The summed E-state index contributed by atoms with van der Waals surface area (Å²) in [5.41, 5.74) is 0.108. The van der Waals surface area contributed by atoms with Crippen LogP contribution in [0.5, 0.6) is 0 Å². The molecule has 100 valence electrons. The first-order chi connectivity index (χ1) is 9.06. The molecule has 0 aliphatic heterocycles. The maximum atomic E-state index is 14.1. The van der Waals surface area contributed by atoms with E-state index in [1.54, 1.807) is 6.92 Å². The van der Waals surface area contributed by atoms with Crippen molar-refractivity contribution in [2.75, 3.05) is 6.61 Å². The van der Waals surface area contributed by atoms with E-state index in [2.05, 4.69) is 31.3 Å². The van der Waals surface area contributed by atoms with Gasteiger partial charge in [-0.15, -0.1) is 5.10 Å². The molecule has 0 bridgehead atoms. The summed E-state index contributed by atoms with van der Waals surface area (Å²) in [7, 11) is 0. The number of benzene rings is 1. The van der Waals surface area contributed by atoms with Gasteiger partial charge in [-0.05, 0) is 35.0 Å². The van der Waals surface area contributed by atoms with Crippen LogP contribution in [0.3, 0.4) is 0 Å². The number of carbonyl (C=O) groups is 1. The first-order valence-corrected chi connectivity index (χ1v) is 6.45. The normalized spacial score (nSPS) is 10.5. The Morgan fingerprint density at radius 1 is 1.53 bits per heavy atom. The molecule has 0 atom stereocenters. The van der Waals surface area contributed by atoms with Crippen LogP contribution in [0.25, 0.3) is 11.3 Å². The predicted molar refractivity (Wildman–Crippen MR) is 70.4 cm³/mol. The van der Waals surface area contributed by atoms with Gasteiger partial charge in [0.25, 0.3) is 0 Å². The van der Waals surface area contributed by atoms with Crippen molar-refractivity contribution in [1.82, 2.24) is 15.4 Å². The molecule has 0 fully saturated rings. The Bertz CT molecular complexity index is 632. The van der Waals surface area contributed by atoms with Crippen LogP contribution in [0.1, 0.15) is 17.4 Å². The molecule has 0 radical (unpaired) electrons. The molecule has 1 N–H and O–H groups in total. The van der Waals surface area contributed by atoms with Gasteiger partial charge in [-0.3, -0.25) is 0 Å². The monoisotopic (exact) mass is 347 g/mol. The van der Waals surface area contributed by atoms with Gasteiger partial charge in [0.05, 0.1) is 16.1 Å². The molecule has 1 heterocycles. The lowest BCUT2D eigenvalue weighted by Crippen LogP contribution is -2.07. The van der Waals surface area contributed by atoms with E-state index in [0.29, 0.717) is 0 Å². The first kappa shape index (κ1) is 14.0. The highest BCUT2D eigenvalue weighted by atomic mass is 79.9. The quantitative estimate of drug-likeness (QED) is 0.683. The van der Waals surface area contributed by atoms with E-state index in [9.17, 15) is 9.18 Å². The molecule has 0 aliphatic rings. The second-order valence-corrected chi connectivity index (χ2v) is 4.66. The average Bonchev–Trinajstić information content (AvgIpc) is 2.85. The highest BCUT2D eigenvalue weighted by Gasteiger charge is 2.23. The third kappa shape index (κ3) is 2.62. The van der Waals surface area contributed by atoms with E-state index in [1.807, 2.05) is 0 Å². The zero-order valence-electron chi connectivity index (χ0n) is 9.71. The topological polar surface area (TPSA) is 67.9 Å². The van der Waals surface area contributed by atoms with Gasteiger partial charge in [-0.2, -0.15) is 10.3 Å². The van der Waals surface area contributed by atoms with Gasteiger partial charge in [0.2, 0.25) is 0 Å². The zero-order valence-corrected chi connectivity index (χ0v) is 12.0. The second-order valence-electron chi connectivity index (χ2n) is 3.46. The highest BCUT2D eigenvalue weighted by Crippen LogP contribution is 2.33. The number of H-pyrrole nitrogens is 1. The second kappa shape index (κ2) is 5.66. The Labute approximate surface area is 121 Å². The van der Waals surface area contributed by atoms with Crippen molar-refractivity contribution in [3.05, 3.63) is 33.1 Å². The lowest BCUT2D eigenvalue weighted by Gasteiger charge is -2.05. The van der Waals surface area contributed by atoms with Crippen molar-refractivity contribution in [2.24, 2.45) is 0 Å². The maximum absolute atomic E-state index is 14.1. The Kier molecular flexibility index (Phi) is 4.16. The van der Waals surface area contributed by atoms with Crippen molar-refractivity contribution in [3.63, 3.8) is 0 Å². The molecular formula is C11H8BrClFN3O2. The zero-order chi connectivity index (χ0) is 14.0. The molecule has 8 heteroatoms. The summed E-state index contributed by atoms with van der Waals surface area (Å²) in [5.74, 6) is -1.29. The van der Waals surface area contributed by atoms with Crippen molar-refractivity contribution in [1.29, 1.82) is 0 Å². The molecule has 0 amide bonds. The Hall–Kier alpha value is -1.47. The third-order valence-corrected chi connectivity index (χ3v) is 3.63. The van der Waals surface area contributed by atoms with Crippen LogP contribution in [0, 0.1) is 5.82 Å². The Morgan fingerprint density at radius 3 is 2.95 bits per heavy atom. The van der Waals surface area contributed by atoms with Crippen LogP contribution in [0.15, 0.2) is 16.6 Å². The molecule has 0 unspecified atom stereocenters. The number of carbonyl (C=O) groups excluding carboxylic acids is 1. The van der Waals surface area contributed by atoms with Crippen molar-refractivity contribution in [3.8, 4) is 11.3 Å². The van der Waals surface area contributed by atoms with Crippen LogP contribution in [-0.2, 0) is 4.74 Å². The van der Waals surface area contributed by atoms with E-state index < -0.39 is 11.8 Å². The highest BCUT2D eigenvalue weighted by molar-refractivity contribution is 9.10. The standard InChI is InChI=1S/C11H8BrClFN3O2/c1-2-19-11(18)10-9(15-17-16-10)5-3-4-6(13)7(12)8(5)14/h3-4H,2H2,1H3,(H,15,16,17). The summed E-state index contributed by atoms with van der Waals surface area (Å²) in [4.78, 5) is 11.7. The molecule has 0 saturated carbocycles. The summed E-state index contributed by atoms with van der Waals surface area (Å²) in [6.45, 7) is 1.86. The Balaban J connectivity index is 2.52. The molecular weight excluding hydrogens is 340 g/mol. The largest absolute Gasteiger partial charge is 0.461 e. The van der Waals surface area contributed by atoms with Crippen LogP contribution < -0.4 is 0 Å². The number of aromatic nitrogens is 3. The molecule has 1 aromatic carbocycles. The SMILES string of the molecule is CCOC(=O)c1n[nH]nc1-c1ccc(Cl)c(Br)c1F.